The first kappa shape index (κ1) is 8.78. The zero-order chi connectivity index (χ0) is 8.20. The number of rotatable bonds is 1. The van der Waals surface area contributed by atoms with E-state index in [9.17, 15) is 4.79 Å². The first-order chi connectivity index (χ1) is 4.48. The lowest BCUT2D eigenvalue weighted by Crippen LogP contribution is -2.20. The van der Waals surface area contributed by atoms with Crippen molar-refractivity contribution >= 4 is 5.97 Å². The van der Waals surface area contributed by atoms with E-state index in [1.807, 2.05) is 0 Å². The van der Waals surface area contributed by atoms with E-state index in [2.05, 4.69) is 15.0 Å². The third kappa shape index (κ3) is 2.94. The zero-order valence-corrected chi connectivity index (χ0v) is 6.16. The maximum absolute atomic E-state index is 10.7. The van der Waals surface area contributed by atoms with Gasteiger partial charge in [0.25, 0.3) is 0 Å². The fourth-order valence-electron chi connectivity index (χ4n) is 0.192. The van der Waals surface area contributed by atoms with Crippen molar-refractivity contribution in [2.24, 2.45) is 10.7 Å². The predicted molar refractivity (Wildman–Crippen MR) is 34.7 cm³/mol. The molecule has 0 aliphatic rings. The molecule has 0 aliphatic carbocycles. The highest BCUT2D eigenvalue weighted by molar-refractivity contribution is 5.75. The molecule has 0 aliphatic heterocycles. The van der Waals surface area contributed by atoms with Crippen LogP contribution in [0.3, 0.4) is 0 Å². The Bertz CT molecular complexity index is 176. The molecule has 5 heteroatoms. The smallest absolute Gasteiger partial charge is 0.323 e. The number of azide groups is 1. The Kier molecular flexibility index (Phi) is 2.70. The van der Waals surface area contributed by atoms with Crippen LogP contribution in [0.15, 0.2) is 5.28 Å². The second-order valence-corrected chi connectivity index (χ2v) is 2.80. The molecule has 0 saturated heterocycles. The summed E-state index contributed by atoms with van der Waals surface area (Å²) in [7, 11) is 0. The van der Waals surface area contributed by atoms with Gasteiger partial charge in [-0.25, -0.2) is 0 Å². The third-order valence-corrected chi connectivity index (χ3v) is 0.773. The molecule has 0 fully saturated rings. The van der Waals surface area contributed by atoms with Crippen molar-refractivity contribution in [1.82, 2.24) is 0 Å². The van der Waals surface area contributed by atoms with Crippen LogP contribution in [0.25, 0.3) is 10.4 Å². The van der Waals surface area contributed by atoms with Crippen molar-refractivity contribution < 1.29 is 9.63 Å². The minimum absolute atomic E-state index is 0.537. The highest BCUT2D eigenvalue weighted by Gasteiger charge is 2.22. The van der Waals surface area contributed by atoms with Gasteiger partial charge in [-0.15, -0.1) is 0 Å². The molecule has 0 rings (SSSR count). The summed E-state index contributed by atoms with van der Waals surface area (Å²) in [6.45, 7) is 5.01. The van der Waals surface area contributed by atoms with Crippen LogP contribution in [0.5, 0.6) is 0 Å². The second kappa shape index (κ2) is 3.08. The average molecular weight is 143 g/mol. The van der Waals surface area contributed by atoms with E-state index in [4.69, 9.17) is 5.53 Å². The molecule has 5 nitrogen and oxygen atoms in total. The van der Waals surface area contributed by atoms with Crippen molar-refractivity contribution in [3.05, 3.63) is 10.4 Å². The molecule has 0 aromatic heterocycles. The second-order valence-electron chi connectivity index (χ2n) is 2.80. The van der Waals surface area contributed by atoms with Crippen molar-refractivity contribution in [3.63, 3.8) is 0 Å². The lowest BCUT2D eigenvalue weighted by molar-refractivity contribution is -0.153. The Morgan fingerprint density at radius 2 is 2.10 bits per heavy atom. The van der Waals surface area contributed by atoms with Gasteiger partial charge in [0.2, 0.25) is 0 Å². The van der Waals surface area contributed by atoms with E-state index in [-0.39, 0.29) is 0 Å². The number of carbonyl (C=O) groups excluding carboxylic acids is 1. The summed E-state index contributed by atoms with van der Waals surface area (Å²) in [6.07, 6.45) is 0. The van der Waals surface area contributed by atoms with Crippen LogP contribution in [0.4, 0.5) is 0 Å². The van der Waals surface area contributed by atoms with Crippen LogP contribution in [-0.2, 0) is 9.63 Å². The predicted octanol–water partition coefficient (Wildman–Crippen LogP) is 1.80. The molecule has 56 valence electrons. The molecular weight excluding hydrogens is 134 g/mol. The molecule has 0 N–H and O–H groups in total. The highest BCUT2D eigenvalue weighted by atomic mass is 16.7. The minimum atomic E-state index is -0.617. The van der Waals surface area contributed by atoms with Crippen molar-refractivity contribution in [1.29, 1.82) is 0 Å². The van der Waals surface area contributed by atoms with E-state index < -0.39 is 11.4 Å². The fourth-order valence-corrected chi connectivity index (χ4v) is 0.192. The largest absolute Gasteiger partial charge is 0.358 e. The van der Waals surface area contributed by atoms with Crippen LogP contribution in [0, 0.1) is 5.41 Å². The van der Waals surface area contributed by atoms with Crippen LogP contribution < -0.4 is 0 Å². The standard InChI is InChI=1S/C5H9N3O2/c1-5(2,3)4(9)10-8-7-6/h1-3H3. The van der Waals surface area contributed by atoms with Gasteiger partial charge in [-0.1, -0.05) is 0 Å². The molecule has 0 amide bonds. The molecule has 0 aromatic rings. The van der Waals surface area contributed by atoms with Crippen LogP contribution >= 0.6 is 0 Å². The van der Waals surface area contributed by atoms with Gasteiger partial charge in [0.15, 0.2) is 0 Å². The van der Waals surface area contributed by atoms with Gasteiger partial charge in [0.05, 0.1) is 5.41 Å². The van der Waals surface area contributed by atoms with Gasteiger partial charge in [-0.2, -0.15) is 0 Å². The van der Waals surface area contributed by atoms with E-state index >= 15 is 0 Å². The first-order valence-electron chi connectivity index (χ1n) is 2.74. The average Bonchev–Trinajstić information content (AvgIpc) is 1.80. The van der Waals surface area contributed by atoms with E-state index in [1.54, 1.807) is 20.8 Å². The van der Waals surface area contributed by atoms with E-state index in [0.29, 0.717) is 0 Å². The van der Waals surface area contributed by atoms with Gasteiger partial charge in [0, 0.05) is 4.91 Å². The fraction of sp³-hybridized carbons (Fsp3) is 0.800. The Labute approximate surface area is 58.6 Å². The topological polar surface area (TPSA) is 75.1 Å². The number of hydrogen-bond donors (Lipinski definition) is 0. The van der Waals surface area contributed by atoms with Gasteiger partial charge in [-0.3, -0.25) is 4.79 Å². The normalized spacial score (nSPS) is 9.90. The Balaban J connectivity index is 3.98. The monoisotopic (exact) mass is 143 g/mol. The highest BCUT2D eigenvalue weighted by Crippen LogP contribution is 2.14. The number of nitrogens with zero attached hydrogens (tertiary/aromatic N) is 3. The first-order valence-corrected chi connectivity index (χ1v) is 2.74. The van der Waals surface area contributed by atoms with Crippen LogP contribution in [0.2, 0.25) is 0 Å². The lowest BCUT2D eigenvalue weighted by Gasteiger charge is -2.12. The molecule has 0 unspecified atom stereocenters. The molecule has 0 saturated carbocycles. The molecule has 0 heterocycles. The molecule has 10 heavy (non-hydrogen) atoms. The molecular formula is C5H9N3O2. The summed E-state index contributed by atoms with van der Waals surface area (Å²) in [6, 6.07) is 0. The van der Waals surface area contributed by atoms with Gasteiger partial charge < -0.3 is 4.84 Å². The van der Waals surface area contributed by atoms with Crippen molar-refractivity contribution in [3.8, 4) is 0 Å². The summed E-state index contributed by atoms with van der Waals surface area (Å²) < 4.78 is 0. The van der Waals surface area contributed by atoms with Gasteiger partial charge in [0.1, 0.15) is 5.28 Å². The molecule has 0 aromatic carbocycles. The SMILES string of the molecule is CC(C)(C)C(=O)ON=[N+]=[N-]. The summed E-state index contributed by atoms with van der Waals surface area (Å²) in [5.41, 5.74) is 7.15. The van der Waals surface area contributed by atoms with Gasteiger partial charge >= 0.3 is 5.97 Å². The Morgan fingerprint density at radius 1 is 1.60 bits per heavy atom. The van der Waals surface area contributed by atoms with Crippen molar-refractivity contribution in [2.45, 2.75) is 20.8 Å². The maximum atomic E-state index is 10.7. The number of hydrogen-bond acceptors (Lipinski definition) is 3. The lowest BCUT2D eigenvalue weighted by atomic mass is 9.98. The molecule has 0 radical (unpaired) electrons. The Morgan fingerprint density at radius 3 is 2.40 bits per heavy atom. The summed E-state index contributed by atoms with van der Waals surface area (Å²) >= 11 is 0. The number of carbonyl (C=O) groups is 1. The third-order valence-electron chi connectivity index (χ3n) is 0.773. The van der Waals surface area contributed by atoms with Crippen LogP contribution in [0.1, 0.15) is 20.8 Å². The molecule has 0 atom stereocenters. The van der Waals surface area contributed by atoms with E-state index in [0.717, 1.165) is 0 Å². The molecule has 0 bridgehead atoms. The zero-order valence-electron chi connectivity index (χ0n) is 6.16. The summed E-state index contributed by atoms with van der Waals surface area (Å²) in [5, 5.41) is 2.67. The Hall–Kier alpha value is -1.22. The molecule has 0 spiro atoms. The summed E-state index contributed by atoms with van der Waals surface area (Å²) in [5.74, 6) is -0.537. The minimum Gasteiger partial charge on any atom is -0.358 e. The van der Waals surface area contributed by atoms with Crippen LogP contribution in [-0.4, -0.2) is 5.97 Å². The van der Waals surface area contributed by atoms with Gasteiger partial charge in [-0.05, 0) is 26.3 Å². The summed E-state index contributed by atoms with van der Waals surface area (Å²) in [4.78, 5) is 17.1. The van der Waals surface area contributed by atoms with Crippen molar-refractivity contribution in [2.75, 3.05) is 0 Å². The maximum Gasteiger partial charge on any atom is 0.323 e. The quantitative estimate of drug-likeness (QED) is 0.243. The van der Waals surface area contributed by atoms with E-state index in [1.165, 1.54) is 0 Å².